The number of nitrogens with one attached hydrogen (secondary N) is 2. The minimum atomic E-state index is -1.01. The molecule has 2 rings (SSSR count). The average Bonchev–Trinajstić information content (AvgIpc) is 3.08. The summed E-state index contributed by atoms with van der Waals surface area (Å²) in [6, 6.07) is 7.63. The van der Waals surface area contributed by atoms with Crippen molar-refractivity contribution < 1.29 is 24.2 Å². The molecule has 0 radical (unpaired) electrons. The standard InChI is InChI=1S/C16H21N3O5/c1-11(14(20)19-9-5-8-13(19)15(21)22)17-18-16(23)24-10-12-6-3-2-4-7-12/h2-4,6-7,11,13,17H,5,8-10H2,1H3,(H,18,23)(H,21,22)/t11-,13-/m0/s1. The lowest BCUT2D eigenvalue weighted by atomic mass is 10.2. The largest absolute Gasteiger partial charge is 0.480 e. The summed E-state index contributed by atoms with van der Waals surface area (Å²) in [6.45, 7) is 2.07. The Morgan fingerprint density at radius 3 is 2.71 bits per heavy atom. The second-order valence-electron chi connectivity index (χ2n) is 5.58. The molecule has 2 atom stereocenters. The molecule has 0 spiro atoms. The van der Waals surface area contributed by atoms with E-state index in [1.807, 2.05) is 30.3 Å². The molecule has 2 amide bonds. The molecule has 0 saturated carbocycles. The van der Waals surface area contributed by atoms with Gasteiger partial charge in [-0.25, -0.2) is 15.0 Å². The number of amides is 2. The van der Waals surface area contributed by atoms with Crippen molar-refractivity contribution in [2.75, 3.05) is 6.54 Å². The molecule has 1 aliphatic rings. The summed E-state index contributed by atoms with van der Waals surface area (Å²) in [7, 11) is 0. The van der Waals surface area contributed by atoms with Gasteiger partial charge in [0.2, 0.25) is 5.91 Å². The Balaban J connectivity index is 1.75. The van der Waals surface area contributed by atoms with Gasteiger partial charge >= 0.3 is 12.1 Å². The number of hydrazine groups is 1. The molecule has 0 bridgehead atoms. The van der Waals surface area contributed by atoms with Crippen molar-refractivity contribution >= 4 is 18.0 Å². The first-order valence-electron chi connectivity index (χ1n) is 7.74. The molecule has 8 heteroatoms. The Kier molecular flexibility index (Phi) is 6.14. The molecule has 0 aromatic heterocycles. The first-order valence-corrected chi connectivity index (χ1v) is 7.74. The van der Waals surface area contributed by atoms with Crippen molar-refractivity contribution in [2.24, 2.45) is 0 Å². The lowest BCUT2D eigenvalue weighted by Gasteiger charge is -2.25. The van der Waals surface area contributed by atoms with Gasteiger partial charge in [0.1, 0.15) is 18.7 Å². The number of benzene rings is 1. The lowest BCUT2D eigenvalue weighted by molar-refractivity contribution is -0.148. The van der Waals surface area contributed by atoms with Crippen LogP contribution in [-0.2, 0) is 20.9 Å². The predicted molar refractivity (Wildman–Crippen MR) is 84.7 cm³/mol. The van der Waals surface area contributed by atoms with Gasteiger partial charge in [-0.2, -0.15) is 0 Å². The van der Waals surface area contributed by atoms with E-state index in [9.17, 15) is 14.4 Å². The van der Waals surface area contributed by atoms with Crippen LogP contribution in [0, 0.1) is 0 Å². The third-order valence-corrected chi connectivity index (χ3v) is 3.79. The van der Waals surface area contributed by atoms with Crippen molar-refractivity contribution in [1.82, 2.24) is 15.8 Å². The van der Waals surface area contributed by atoms with Gasteiger partial charge in [-0.15, -0.1) is 0 Å². The highest BCUT2D eigenvalue weighted by atomic mass is 16.6. The predicted octanol–water partition coefficient (Wildman–Crippen LogP) is 0.881. The molecule has 1 heterocycles. The van der Waals surface area contributed by atoms with E-state index < -0.39 is 24.1 Å². The monoisotopic (exact) mass is 335 g/mol. The highest BCUT2D eigenvalue weighted by Crippen LogP contribution is 2.18. The van der Waals surface area contributed by atoms with Crippen molar-refractivity contribution in [3.8, 4) is 0 Å². The van der Waals surface area contributed by atoms with Crippen LogP contribution in [0.1, 0.15) is 25.3 Å². The fourth-order valence-corrected chi connectivity index (χ4v) is 2.52. The molecule has 1 aromatic carbocycles. The molecular formula is C16H21N3O5. The average molecular weight is 335 g/mol. The molecular weight excluding hydrogens is 314 g/mol. The molecule has 24 heavy (non-hydrogen) atoms. The zero-order valence-corrected chi connectivity index (χ0v) is 13.4. The van der Waals surface area contributed by atoms with E-state index in [0.717, 1.165) is 5.56 Å². The van der Waals surface area contributed by atoms with Crippen LogP contribution in [0.15, 0.2) is 30.3 Å². The van der Waals surface area contributed by atoms with E-state index in [0.29, 0.717) is 19.4 Å². The second kappa shape index (κ2) is 8.30. The number of ether oxygens (including phenoxy) is 1. The molecule has 8 nitrogen and oxygen atoms in total. The van der Waals surface area contributed by atoms with Crippen LogP contribution in [-0.4, -0.2) is 46.6 Å². The summed E-state index contributed by atoms with van der Waals surface area (Å²) in [5, 5.41) is 9.11. The summed E-state index contributed by atoms with van der Waals surface area (Å²) < 4.78 is 5.01. The number of hydrogen-bond donors (Lipinski definition) is 3. The number of carbonyl (C=O) groups excluding carboxylic acids is 2. The molecule has 1 aliphatic heterocycles. The van der Waals surface area contributed by atoms with Crippen LogP contribution < -0.4 is 10.9 Å². The number of likely N-dealkylation sites (tertiary alicyclic amines) is 1. The van der Waals surface area contributed by atoms with Crippen molar-refractivity contribution in [1.29, 1.82) is 0 Å². The Bertz CT molecular complexity index is 593. The van der Waals surface area contributed by atoms with E-state index in [1.54, 1.807) is 6.92 Å². The van der Waals surface area contributed by atoms with Gasteiger partial charge in [-0.3, -0.25) is 10.2 Å². The number of nitrogens with zero attached hydrogens (tertiary/aromatic N) is 1. The van der Waals surface area contributed by atoms with E-state index >= 15 is 0 Å². The fourth-order valence-electron chi connectivity index (χ4n) is 2.52. The van der Waals surface area contributed by atoms with Gasteiger partial charge in [0.05, 0.1) is 0 Å². The van der Waals surface area contributed by atoms with Gasteiger partial charge in [0.15, 0.2) is 0 Å². The minimum absolute atomic E-state index is 0.115. The van der Waals surface area contributed by atoms with Crippen molar-refractivity contribution in [3.63, 3.8) is 0 Å². The van der Waals surface area contributed by atoms with Crippen LogP contribution in [0.5, 0.6) is 0 Å². The number of carboxylic acid groups (broad SMARTS) is 1. The lowest BCUT2D eigenvalue weighted by Crippen LogP contribution is -2.53. The summed E-state index contributed by atoms with van der Waals surface area (Å²) in [5.74, 6) is -1.38. The normalized spacial score (nSPS) is 18.0. The molecule has 1 saturated heterocycles. The van der Waals surface area contributed by atoms with Crippen molar-refractivity contribution in [2.45, 2.75) is 38.5 Å². The quantitative estimate of drug-likeness (QED) is 0.666. The zero-order chi connectivity index (χ0) is 17.5. The molecule has 130 valence electrons. The van der Waals surface area contributed by atoms with Gasteiger partial charge in [-0.1, -0.05) is 30.3 Å². The molecule has 1 fully saturated rings. The van der Waals surface area contributed by atoms with Crippen LogP contribution >= 0.6 is 0 Å². The molecule has 1 aromatic rings. The number of carboxylic acids is 1. The smallest absolute Gasteiger partial charge is 0.421 e. The first-order chi connectivity index (χ1) is 11.5. The Hall–Kier alpha value is -2.61. The van der Waals surface area contributed by atoms with Crippen LogP contribution in [0.4, 0.5) is 4.79 Å². The molecule has 3 N–H and O–H groups in total. The number of hydrogen-bond acceptors (Lipinski definition) is 5. The third-order valence-electron chi connectivity index (χ3n) is 3.79. The number of rotatable bonds is 6. The SMILES string of the molecule is C[C@H](NNC(=O)OCc1ccccc1)C(=O)N1CCC[C@H]1C(=O)O. The third kappa shape index (κ3) is 4.69. The van der Waals surface area contributed by atoms with E-state index in [4.69, 9.17) is 9.84 Å². The van der Waals surface area contributed by atoms with E-state index in [1.165, 1.54) is 4.90 Å². The second-order valence-corrected chi connectivity index (χ2v) is 5.58. The van der Waals surface area contributed by atoms with E-state index in [2.05, 4.69) is 10.9 Å². The van der Waals surface area contributed by atoms with Crippen LogP contribution in [0.3, 0.4) is 0 Å². The minimum Gasteiger partial charge on any atom is -0.480 e. The number of aliphatic carboxylic acids is 1. The highest BCUT2D eigenvalue weighted by Gasteiger charge is 2.35. The zero-order valence-electron chi connectivity index (χ0n) is 13.4. The maximum atomic E-state index is 12.3. The number of carbonyl (C=O) groups is 3. The topological polar surface area (TPSA) is 108 Å². The van der Waals surface area contributed by atoms with Gasteiger partial charge in [0.25, 0.3) is 0 Å². The van der Waals surface area contributed by atoms with Crippen LogP contribution in [0.25, 0.3) is 0 Å². The summed E-state index contributed by atoms with van der Waals surface area (Å²) in [4.78, 5) is 36.3. The molecule has 0 unspecified atom stereocenters. The summed E-state index contributed by atoms with van der Waals surface area (Å²) >= 11 is 0. The van der Waals surface area contributed by atoms with Gasteiger partial charge in [0, 0.05) is 6.54 Å². The first kappa shape index (κ1) is 17.7. The Labute approximate surface area is 139 Å². The van der Waals surface area contributed by atoms with Crippen molar-refractivity contribution in [3.05, 3.63) is 35.9 Å². The van der Waals surface area contributed by atoms with Crippen LogP contribution in [0.2, 0.25) is 0 Å². The molecule has 0 aliphatic carbocycles. The van der Waals surface area contributed by atoms with E-state index in [-0.39, 0.29) is 12.5 Å². The fraction of sp³-hybridized carbons (Fsp3) is 0.438. The summed E-state index contributed by atoms with van der Waals surface area (Å²) in [5.41, 5.74) is 5.69. The van der Waals surface area contributed by atoms with Gasteiger partial charge < -0.3 is 14.7 Å². The Morgan fingerprint density at radius 2 is 2.04 bits per heavy atom. The van der Waals surface area contributed by atoms with Gasteiger partial charge in [-0.05, 0) is 25.3 Å². The summed E-state index contributed by atoms with van der Waals surface area (Å²) in [6.07, 6.45) is 0.386. The highest BCUT2D eigenvalue weighted by molar-refractivity contribution is 5.87. The maximum absolute atomic E-state index is 12.3. The maximum Gasteiger partial charge on any atom is 0.421 e. The Morgan fingerprint density at radius 1 is 1.33 bits per heavy atom.